The van der Waals surface area contributed by atoms with Crippen LogP contribution in [0.3, 0.4) is 0 Å². The number of alkyl halides is 2. The minimum atomic E-state index is -3.19. The molecule has 1 rings (SSSR count). The maximum atomic E-state index is 12.4. The Labute approximate surface area is 170 Å². The summed E-state index contributed by atoms with van der Waals surface area (Å²) in [4.78, 5) is 4.33. The van der Waals surface area contributed by atoms with Crippen LogP contribution in [0.5, 0.6) is 5.75 Å². The number of ether oxygens (including phenoxy) is 1. The minimum absolute atomic E-state index is 0. The lowest BCUT2D eigenvalue weighted by Crippen LogP contribution is -2.38. The summed E-state index contributed by atoms with van der Waals surface area (Å²) in [6.45, 7) is 0.622. The number of hydrogen-bond donors (Lipinski definition) is 3. The third-order valence-corrected chi connectivity index (χ3v) is 3.68. The van der Waals surface area contributed by atoms with E-state index >= 15 is 0 Å². The van der Waals surface area contributed by atoms with Crippen LogP contribution in [-0.4, -0.2) is 46.9 Å². The molecule has 1 aromatic rings. The molecule has 0 aliphatic heterocycles. The SMILES string of the molecule is CCNC(=NCc1ccccc1OC(F)F)NCCCNS(C)(=O)=O.I. The van der Waals surface area contributed by atoms with E-state index in [0.717, 1.165) is 6.26 Å². The van der Waals surface area contributed by atoms with E-state index in [9.17, 15) is 17.2 Å². The molecule has 11 heteroatoms. The number of nitrogens with zero attached hydrogens (tertiary/aromatic N) is 1. The van der Waals surface area contributed by atoms with Crippen molar-refractivity contribution in [2.75, 3.05) is 25.9 Å². The number of halogens is 3. The lowest BCUT2D eigenvalue weighted by atomic mass is 10.2. The van der Waals surface area contributed by atoms with Crippen LogP contribution in [0.1, 0.15) is 18.9 Å². The van der Waals surface area contributed by atoms with Gasteiger partial charge in [-0.2, -0.15) is 8.78 Å². The Balaban J connectivity index is 0.00000625. The summed E-state index contributed by atoms with van der Waals surface area (Å²) in [5.74, 6) is 0.600. The van der Waals surface area contributed by atoms with Crippen LogP contribution in [0.15, 0.2) is 29.3 Å². The molecule has 0 bridgehead atoms. The topological polar surface area (TPSA) is 91.8 Å². The minimum Gasteiger partial charge on any atom is -0.434 e. The van der Waals surface area contributed by atoms with Crippen LogP contribution >= 0.6 is 24.0 Å². The monoisotopic (exact) mass is 506 g/mol. The van der Waals surface area contributed by atoms with E-state index in [4.69, 9.17) is 0 Å². The molecule has 3 N–H and O–H groups in total. The van der Waals surface area contributed by atoms with E-state index in [1.807, 2.05) is 6.92 Å². The number of aliphatic imine (C=N–C) groups is 1. The smallest absolute Gasteiger partial charge is 0.387 e. The first-order valence-electron chi connectivity index (χ1n) is 7.81. The van der Waals surface area contributed by atoms with Gasteiger partial charge in [0.25, 0.3) is 0 Å². The fourth-order valence-electron chi connectivity index (χ4n) is 1.90. The Morgan fingerprint density at radius 2 is 1.92 bits per heavy atom. The molecule has 0 aliphatic carbocycles. The van der Waals surface area contributed by atoms with E-state index in [-0.39, 0.29) is 36.3 Å². The predicted octanol–water partition coefficient (Wildman–Crippen LogP) is 1.90. The van der Waals surface area contributed by atoms with Gasteiger partial charge in [-0.3, -0.25) is 0 Å². The first-order valence-corrected chi connectivity index (χ1v) is 9.70. The predicted molar refractivity (Wildman–Crippen MR) is 109 cm³/mol. The molecule has 0 unspecified atom stereocenters. The van der Waals surface area contributed by atoms with Gasteiger partial charge in [0.2, 0.25) is 10.0 Å². The van der Waals surface area contributed by atoms with Crippen molar-refractivity contribution < 1.29 is 21.9 Å². The highest BCUT2D eigenvalue weighted by atomic mass is 127. The summed E-state index contributed by atoms with van der Waals surface area (Å²) >= 11 is 0. The zero-order valence-electron chi connectivity index (χ0n) is 14.7. The van der Waals surface area contributed by atoms with E-state index in [2.05, 4.69) is 25.1 Å². The maximum Gasteiger partial charge on any atom is 0.387 e. The number of sulfonamides is 1. The molecule has 0 spiro atoms. The second-order valence-electron chi connectivity index (χ2n) is 5.13. The van der Waals surface area contributed by atoms with Crippen molar-refractivity contribution in [1.82, 2.24) is 15.4 Å². The van der Waals surface area contributed by atoms with Crippen molar-refractivity contribution in [1.29, 1.82) is 0 Å². The third-order valence-electron chi connectivity index (χ3n) is 2.95. The molecule has 0 aromatic heterocycles. The molecule has 0 atom stereocenters. The van der Waals surface area contributed by atoms with Crippen LogP contribution in [-0.2, 0) is 16.6 Å². The number of para-hydroxylation sites is 1. The van der Waals surface area contributed by atoms with Gasteiger partial charge in [-0.1, -0.05) is 18.2 Å². The molecule has 150 valence electrons. The van der Waals surface area contributed by atoms with E-state index < -0.39 is 16.6 Å². The van der Waals surface area contributed by atoms with Crippen molar-refractivity contribution in [2.45, 2.75) is 26.5 Å². The van der Waals surface area contributed by atoms with E-state index in [1.54, 1.807) is 18.2 Å². The number of guanidine groups is 1. The van der Waals surface area contributed by atoms with Gasteiger partial charge >= 0.3 is 6.61 Å². The fourth-order valence-corrected chi connectivity index (χ4v) is 2.42. The average Bonchev–Trinajstić information content (AvgIpc) is 2.51. The molecule has 7 nitrogen and oxygen atoms in total. The molecule has 0 radical (unpaired) electrons. The normalized spacial score (nSPS) is 11.8. The molecule has 0 aliphatic rings. The summed E-state index contributed by atoms with van der Waals surface area (Å²) in [7, 11) is -3.19. The summed E-state index contributed by atoms with van der Waals surface area (Å²) in [6.07, 6.45) is 1.67. The third kappa shape index (κ3) is 11.4. The van der Waals surface area contributed by atoms with Crippen LogP contribution < -0.4 is 20.1 Å². The zero-order valence-corrected chi connectivity index (χ0v) is 17.8. The molecule has 0 heterocycles. The molecule has 0 fully saturated rings. The van der Waals surface area contributed by atoms with Crippen LogP contribution in [0.2, 0.25) is 0 Å². The van der Waals surface area contributed by atoms with Crippen LogP contribution in [0.4, 0.5) is 8.78 Å². The van der Waals surface area contributed by atoms with Gasteiger partial charge in [0.05, 0.1) is 12.8 Å². The summed E-state index contributed by atoms with van der Waals surface area (Å²) in [5.41, 5.74) is 0.541. The second-order valence-corrected chi connectivity index (χ2v) is 6.96. The standard InChI is InChI=1S/C15H24F2N4O3S.HI/c1-3-18-15(19-9-6-10-21-25(2,22)23)20-11-12-7-4-5-8-13(12)24-14(16)17;/h4-5,7-8,14,21H,3,6,9-11H2,1-2H3,(H2,18,19,20);1H. The Bertz CT molecular complexity index is 660. The molecule has 26 heavy (non-hydrogen) atoms. The lowest BCUT2D eigenvalue weighted by Gasteiger charge is -2.12. The number of nitrogens with one attached hydrogen (secondary N) is 3. The van der Waals surface area contributed by atoms with Crippen LogP contribution in [0, 0.1) is 0 Å². The quantitative estimate of drug-likeness (QED) is 0.195. The molecule has 0 saturated heterocycles. The Morgan fingerprint density at radius 1 is 1.23 bits per heavy atom. The molecule has 1 aromatic carbocycles. The average molecular weight is 506 g/mol. The van der Waals surface area contributed by atoms with Gasteiger partial charge < -0.3 is 15.4 Å². The van der Waals surface area contributed by atoms with Crippen molar-refractivity contribution >= 4 is 40.0 Å². The first kappa shape index (κ1) is 24.8. The molecule has 0 saturated carbocycles. The maximum absolute atomic E-state index is 12.4. The summed E-state index contributed by atoms with van der Waals surface area (Å²) in [6, 6.07) is 6.47. The van der Waals surface area contributed by atoms with Crippen molar-refractivity contribution in [3.05, 3.63) is 29.8 Å². The highest BCUT2D eigenvalue weighted by molar-refractivity contribution is 14.0. The van der Waals surface area contributed by atoms with Gasteiger partial charge in [-0.05, 0) is 19.4 Å². The Morgan fingerprint density at radius 3 is 2.54 bits per heavy atom. The highest BCUT2D eigenvalue weighted by Crippen LogP contribution is 2.20. The lowest BCUT2D eigenvalue weighted by molar-refractivity contribution is -0.0504. The zero-order chi connectivity index (χ0) is 18.7. The number of rotatable bonds is 10. The van der Waals surface area contributed by atoms with Gasteiger partial charge in [0.15, 0.2) is 5.96 Å². The fraction of sp³-hybridized carbons (Fsp3) is 0.533. The molecular formula is C15H25F2IN4O3S. The summed E-state index contributed by atoms with van der Waals surface area (Å²) in [5, 5.41) is 6.08. The van der Waals surface area contributed by atoms with E-state index in [1.165, 1.54) is 6.07 Å². The van der Waals surface area contributed by atoms with Gasteiger partial charge in [0, 0.05) is 25.2 Å². The van der Waals surface area contributed by atoms with Crippen molar-refractivity contribution in [3.63, 3.8) is 0 Å². The van der Waals surface area contributed by atoms with Crippen molar-refractivity contribution in [3.8, 4) is 5.75 Å². The van der Waals surface area contributed by atoms with Gasteiger partial charge in [-0.15, -0.1) is 24.0 Å². The van der Waals surface area contributed by atoms with E-state index in [0.29, 0.717) is 37.6 Å². The second kappa shape index (κ2) is 13.0. The van der Waals surface area contributed by atoms with Crippen LogP contribution in [0.25, 0.3) is 0 Å². The number of benzene rings is 1. The first-order chi connectivity index (χ1) is 11.8. The Hall–Kier alpha value is -1.21. The highest BCUT2D eigenvalue weighted by Gasteiger charge is 2.09. The molecular weight excluding hydrogens is 481 g/mol. The molecule has 0 amide bonds. The van der Waals surface area contributed by atoms with Gasteiger partial charge in [-0.25, -0.2) is 18.1 Å². The Kier molecular flexibility index (Phi) is 12.4. The summed E-state index contributed by atoms with van der Waals surface area (Å²) < 4.78 is 53.6. The van der Waals surface area contributed by atoms with Crippen molar-refractivity contribution in [2.24, 2.45) is 4.99 Å². The largest absolute Gasteiger partial charge is 0.434 e. The number of hydrogen-bond acceptors (Lipinski definition) is 4. The van der Waals surface area contributed by atoms with Gasteiger partial charge in [0.1, 0.15) is 5.75 Å².